The molecule has 0 aliphatic carbocycles. The van der Waals surface area contributed by atoms with Crippen LogP contribution in [0.25, 0.3) is 0 Å². The summed E-state index contributed by atoms with van der Waals surface area (Å²) in [6.07, 6.45) is 0.523. The molecule has 2 rings (SSSR count). The third-order valence-electron chi connectivity index (χ3n) is 3.78. The minimum Gasteiger partial charge on any atom is -0.493 e. The van der Waals surface area contributed by atoms with Crippen molar-refractivity contribution in [2.45, 2.75) is 32.7 Å². The van der Waals surface area contributed by atoms with Crippen molar-refractivity contribution in [1.29, 1.82) is 0 Å². The molecule has 0 spiro atoms. The first kappa shape index (κ1) is 19.1. The number of rotatable bonds is 8. The lowest BCUT2D eigenvalue weighted by molar-refractivity contribution is -0.138. The Bertz CT molecular complexity index is 661. The fraction of sp³-hybridized carbons (Fsp3) is 0.471. The van der Waals surface area contributed by atoms with Crippen LogP contribution in [0, 0.1) is 0 Å². The number of ether oxygens (including phenoxy) is 2. The van der Waals surface area contributed by atoms with E-state index in [-0.39, 0.29) is 50.1 Å². The van der Waals surface area contributed by atoms with Gasteiger partial charge in [-0.05, 0) is 24.6 Å². The molecule has 25 heavy (non-hydrogen) atoms. The van der Waals surface area contributed by atoms with Crippen molar-refractivity contribution >= 4 is 29.3 Å². The van der Waals surface area contributed by atoms with Crippen molar-refractivity contribution in [2.24, 2.45) is 0 Å². The quantitative estimate of drug-likeness (QED) is 0.708. The Morgan fingerprint density at radius 2 is 1.96 bits per heavy atom. The topological polar surface area (TPSA) is 84.9 Å². The Hall–Kier alpha value is -2.28. The van der Waals surface area contributed by atoms with Gasteiger partial charge in [-0.1, -0.05) is 11.6 Å². The Balaban J connectivity index is 1.90. The number of nitrogens with one attached hydrogen (secondary N) is 1. The Morgan fingerprint density at radius 3 is 2.56 bits per heavy atom. The number of benzene rings is 1. The highest BCUT2D eigenvalue weighted by Gasteiger charge is 2.28. The van der Waals surface area contributed by atoms with E-state index in [1.165, 1.54) is 7.11 Å². The summed E-state index contributed by atoms with van der Waals surface area (Å²) in [5.74, 6) is 0.262. The third-order valence-corrected chi connectivity index (χ3v) is 4.07. The van der Waals surface area contributed by atoms with Gasteiger partial charge in [-0.15, -0.1) is 0 Å². The molecular weight excluding hydrogens is 348 g/mol. The largest absolute Gasteiger partial charge is 0.493 e. The van der Waals surface area contributed by atoms with Crippen LogP contribution in [0.5, 0.6) is 11.5 Å². The molecule has 1 aliphatic heterocycles. The fourth-order valence-corrected chi connectivity index (χ4v) is 2.82. The minimum atomic E-state index is -0.253. The first-order chi connectivity index (χ1) is 12.0. The first-order valence-electron chi connectivity index (χ1n) is 8.05. The lowest BCUT2D eigenvalue weighted by Crippen LogP contribution is -2.34. The molecule has 0 atom stereocenters. The van der Waals surface area contributed by atoms with Crippen LogP contribution in [0.15, 0.2) is 12.1 Å². The molecule has 3 amide bonds. The zero-order valence-corrected chi connectivity index (χ0v) is 15.0. The number of amides is 3. The molecule has 1 aromatic rings. The van der Waals surface area contributed by atoms with Gasteiger partial charge in [-0.2, -0.15) is 0 Å². The summed E-state index contributed by atoms with van der Waals surface area (Å²) < 4.78 is 10.7. The lowest BCUT2D eigenvalue weighted by atomic mass is 10.2. The first-order valence-corrected chi connectivity index (χ1v) is 8.43. The highest BCUT2D eigenvalue weighted by Crippen LogP contribution is 2.36. The SMILES string of the molecule is CCOc1c(Cl)cc(CNC(=O)CCN2C(=O)CCC2=O)cc1OC. The van der Waals surface area contributed by atoms with Gasteiger partial charge in [-0.25, -0.2) is 0 Å². The number of hydrogen-bond acceptors (Lipinski definition) is 5. The molecule has 0 unspecified atom stereocenters. The van der Waals surface area contributed by atoms with Crippen LogP contribution in [0.2, 0.25) is 5.02 Å². The third kappa shape index (κ3) is 4.85. The number of hydrogen-bond donors (Lipinski definition) is 1. The zero-order chi connectivity index (χ0) is 18.4. The van der Waals surface area contributed by atoms with Crippen LogP contribution in [0.4, 0.5) is 0 Å². The van der Waals surface area contributed by atoms with Gasteiger partial charge in [0.1, 0.15) is 0 Å². The van der Waals surface area contributed by atoms with Gasteiger partial charge in [0.15, 0.2) is 11.5 Å². The van der Waals surface area contributed by atoms with E-state index in [4.69, 9.17) is 21.1 Å². The smallest absolute Gasteiger partial charge is 0.229 e. The van der Waals surface area contributed by atoms with Gasteiger partial charge in [0.05, 0.1) is 18.7 Å². The fourth-order valence-electron chi connectivity index (χ4n) is 2.53. The van der Waals surface area contributed by atoms with Gasteiger partial charge in [0.25, 0.3) is 0 Å². The maximum atomic E-state index is 11.9. The number of halogens is 1. The van der Waals surface area contributed by atoms with Crippen molar-refractivity contribution in [3.05, 3.63) is 22.7 Å². The van der Waals surface area contributed by atoms with E-state index in [1.54, 1.807) is 12.1 Å². The van der Waals surface area contributed by atoms with Gasteiger partial charge in [-0.3, -0.25) is 19.3 Å². The number of methoxy groups -OCH3 is 1. The molecule has 1 aliphatic rings. The summed E-state index contributed by atoms with van der Waals surface area (Å²) in [5, 5.41) is 3.14. The molecule has 1 saturated heterocycles. The van der Waals surface area contributed by atoms with Crippen LogP contribution in [-0.4, -0.2) is 42.9 Å². The Kier molecular flexibility index (Phi) is 6.64. The average Bonchev–Trinajstić information content (AvgIpc) is 2.91. The molecule has 7 nitrogen and oxygen atoms in total. The van der Waals surface area contributed by atoms with E-state index in [1.807, 2.05) is 6.92 Å². The maximum Gasteiger partial charge on any atom is 0.229 e. The highest BCUT2D eigenvalue weighted by atomic mass is 35.5. The molecule has 1 N–H and O–H groups in total. The molecule has 8 heteroatoms. The van der Waals surface area contributed by atoms with Gasteiger partial charge in [0, 0.05) is 32.4 Å². The molecule has 0 radical (unpaired) electrons. The van der Waals surface area contributed by atoms with Crippen molar-refractivity contribution in [1.82, 2.24) is 10.2 Å². The van der Waals surface area contributed by atoms with Crippen LogP contribution in [-0.2, 0) is 20.9 Å². The molecule has 136 valence electrons. The minimum absolute atomic E-state index is 0.0688. The summed E-state index contributed by atoms with van der Waals surface area (Å²) in [6, 6.07) is 3.44. The molecular formula is C17H21ClN2O5. The number of imide groups is 1. The van der Waals surface area contributed by atoms with E-state index in [0.717, 1.165) is 10.5 Å². The second-order valence-corrected chi connectivity index (χ2v) is 5.92. The summed E-state index contributed by atoms with van der Waals surface area (Å²) in [4.78, 5) is 36.1. The normalized spacial score (nSPS) is 14.0. The van der Waals surface area contributed by atoms with E-state index in [0.29, 0.717) is 23.1 Å². The van der Waals surface area contributed by atoms with Gasteiger partial charge < -0.3 is 14.8 Å². The van der Waals surface area contributed by atoms with Crippen LogP contribution < -0.4 is 14.8 Å². The van der Waals surface area contributed by atoms with Crippen molar-refractivity contribution in [3.63, 3.8) is 0 Å². The number of carbonyl (C=O) groups is 3. The van der Waals surface area contributed by atoms with E-state index < -0.39 is 0 Å². The number of likely N-dealkylation sites (tertiary alicyclic amines) is 1. The van der Waals surface area contributed by atoms with E-state index in [9.17, 15) is 14.4 Å². The van der Waals surface area contributed by atoms with Gasteiger partial charge >= 0.3 is 0 Å². The van der Waals surface area contributed by atoms with Gasteiger partial charge in [0.2, 0.25) is 17.7 Å². The second-order valence-electron chi connectivity index (χ2n) is 5.51. The zero-order valence-electron chi connectivity index (χ0n) is 14.3. The standard InChI is InChI=1S/C17H21ClN2O5/c1-3-25-17-12(18)8-11(9-13(17)24-2)10-19-14(21)6-7-20-15(22)4-5-16(20)23/h8-9H,3-7,10H2,1-2H3,(H,19,21). The Labute approximate surface area is 151 Å². The van der Waals surface area contributed by atoms with Crippen LogP contribution in [0.1, 0.15) is 31.7 Å². The molecule has 1 aromatic carbocycles. The summed E-state index contributed by atoms with van der Waals surface area (Å²) in [6.45, 7) is 2.67. The lowest BCUT2D eigenvalue weighted by Gasteiger charge is -2.15. The summed E-state index contributed by atoms with van der Waals surface area (Å²) in [7, 11) is 1.51. The number of carbonyl (C=O) groups excluding carboxylic acids is 3. The maximum absolute atomic E-state index is 11.9. The molecule has 1 heterocycles. The average molecular weight is 369 g/mol. The summed E-state index contributed by atoms with van der Waals surface area (Å²) in [5.41, 5.74) is 0.756. The number of nitrogens with zero attached hydrogens (tertiary/aromatic N) is 1. The van der Waals surface area contributed by atoms with Crippen LogP contribution >= 0.6 is 11.6 Å². The van der Waals surface area contributed by atoms with Crippen molar-refractivity contribution in [2.75, 3.05) is 20.3 Å². The van der Waals surface area contributed by atoms with Crippen molar-refractivity contribution < 1.29 is 23.9 Å². The molecule has 0 bridgehead atoms. The molecule has 0 saturated carbocycles. The van der Waals surface area contributed by atoms with E-state index in [2.05, 4.69) is 5.32 Å². The second kappa shape index (κ2) is 8.71. The van der Waals surface area contributed by atoms with Crippen molar-refractivity contribution in [3.8, 4) is 11.5 Å². The van der Waals surface area contributed by atoms with Crippen LogP contribution in [0.3, 0.4) is 0 Å². The summed E-state index contributed by atoms with van der Waals surface area (Å²) >= 11 is 6.19. The molecule has 0 aromatic heterocycles. The highest BCUT2D eigenvalue weighted by molar-refractivity contribution is 6.32. The van der Waals surface area contributed by atoms with E-state index >= 15 is 0 Å². The predicted octanol–water partition coefficient (Wildman–Crippen LogP) is 1.90. The molecule has 1 fully saturated rings. The monoisotopic (exact) mass is 368 g/mol. The predicted molar refractivity (Wildman–Crippen MR) is 91.6 cm³/mol. The Morgan fingerprint density at radius 1 is 1.28 bits per heavy atom.